The van der Waals surface area contributed by atoms with E-state index in [4.69, 9.17) is 0 Å². The highest BCUT2D eigenvalue weighted by Crippen LogP contribution is 2.40. The van der Waals surface area contributed by atoms with Gasteiger partial charge in [-0.15, -0.1) is 0 Å². The molecule has 2 aromatic carbocycles. The molecule has 0 aromatic heterocycles. The van der Waals surface area contributed by atoms with Gasteiger partial charge in [0, 0.05) is 36.0 Å². The van der Waals surface area contributed by atoms with Gasteiger partial charge in [0.15, 0.2) is 5.71 Å². The molecule has 0 saturated heterocycles. The summed E-state index contributed by atoms with van der Waals surface area (Å²) in [4.78, 5) is 0. The van der Waals surface area contributed by atoms with Gasteiger partial charge in [-0.25, -0.2) is 0 Å². The van der Waals surface area contributed by atoms with Gasteiger partial charge < -0.3 is 5.32 Å². The predicted molar refractivity (Wildman–Crippen MR) is 103 cm³/mol. The number of rotatable bonds is 5. The molecular formula is C22H27N2+. The fourth-order valence-corrected chi connectivity index (χ4v) is 3.51. The first kappa shape index (κ1) is 16.5. The molecule has 0 atom stereocenters. The van der Waals surface area contributed by atoms with E-state index in [-0.39, 0.29) is 5.41 Å². The quantitative estimate of drug-likeness (QED) is 0.728. The zero-order valence-electron chi connectivity index (χ0n) is 15.1. The average Bonchev–Trinajstić information content (AvgIpc) is 2.77. The number of para-hydroxylation sites is 1. The molecule has 1 aliphatic heterocycles. The molecule has 0 amide bonds. The van der Waals surface area contributed by atoms with E-state index in [0.29, 0.717) is 0 Å². The van der Waals surface area contributed by atoms with Crippen molar-refractivity contribution in [2.45, 2.75) is 39.5 Å². The third-order valence-electron chi connectivity index (χ3n) is 4.76. The minimum Gasteiger partial charge on any atom is -0.361 e. The first-order valence-electron chi connectivity index (χ1n) is 8.78. The minimum atomic E-state index is 0.0192. The second-order valence-electron chi connectivity index (χ2n) is 7.03. The summed E-state index contributed by atoms with van der Waals surface area (Å²) in [6, 6.07) is 17.1. The molecule has 2 heteroatoms. The van der Waals surface area contributed by atoms with Gasteiger partial charge in [0.2, 0.25) is 5.69 Å². The summed E-state index contributed by atoms with van der Waals surface area (Å²) in [5.74, 6) is 0. The van der Waals surface area contributed by atoms with Gasteiger partial charge in [-0.2, -0.15) is 4.58 Å². The van der Waals surface area contributed by atoms with E-state index in [1.807, 2.05) is 18.2 Å². The lowest BCUT2D eigenvalue weighted by molar-refractivity contribution is -0.437. The summed E-state index contributed by atoms with van der Waals surface area (Å²) in [5, 5.41) is 3.38. The molecule has 0 spiro atoms. The standard InChI is InChI=1S/C22H26N2/c1-5-15-24-20-12-11-17(2)16-19(20)22(3,4)21(24)13-14-23-18-9-7-6-8-10-18/h6-14,16H,5,15H2,1-4H3/p+1. The SMILES string of the molecule is CCC[N+]1=C(/C=C/Nc2ccccc2)C(C)(C)c2cc(C)ccc21. The Morgan fingerprint density at radius 1 is 1.08 bits per heavy atom. The fourth-order valence-electron chi connectivity index (χ4n) is 3.51. The number of allylic oxidation sites excluding steroid dienone is 1. The first-order chi connectivity index (χ1) is 11.5. The lowest BCUT2D eigenvalue weighted by Crippen LogP contribution is -2.28. The molecule has 1 N–H and O–H groups in total. The van der Waals surface area contributed by atoms with Crippen molar-refractivity contribution in [3.05, 3.63) is 71.9 Å². The molecule has 3 rings (SSSR count). The summed E-state index contributed by atoms with van der Waals surface area (Å²) < 4.78 is 2.47. The third-order valence-corrected chi connectivity index (χ3v) is 4.76. The van der Waals surface area contributed by atoms with Crippen LogP contribution < -0.4 is 5.32 Å². The predicted octanol–water partition coefficient (Wildman–Crippen LogP) is 5.41. The van der Waals surface area contributed by atoms with Crippen molar-refractivity contribution in [1.29, 1.82) is 0 Å². The number of hydrogen-bond donors (Lipinski definition) is 1. The van der Waals surface area contributed by atoms with Crippen molar-refractivity contribution in [2.75, 3.05) is 11.9 Å². The van der Waals surface area contributed by atoms with Crippen molar-refractivity contribution in [3.63, 3.8) is 0 Å². The van der Waals surface area contributed by atoms with Crippen LogP contribution in [0.4, 0.5) is 11.4 Å². The Morgan fingerprint density at radius 3 is 2.54 bits per heavy atom. The van der Waals surface area contributed by atoms with Gasteiger partial charge in [-0.3, -0.25) is 0 Å². The van der Waals surface area contributed by atoms with Crippen LogP contribution in [-0.2, 0) is 5.41 Å². The van der Waals surface area contributed by atoms with Crippen LogP contribution in [0.15, 0.2) is 60.8 Å². The molecule has 0 saturated carbocycles. The third kappa shape index (κ3) is 3.01. The lowest BCUT2D eigenvalue weighted by atomic mass is 9.81. The van der Waals surface area contributed by atoms with Crippen LogP contribution in [0.5, 0.6) is 0 Å². The Morgan fingerprint density at radius 2 is 1.83 bits per heavy atom. The van der Waals surface area contributed by atoms with E-state index in [1.165, 1.54) is 22.5 Å². The van der Waals surface area contributed by atoms with Crippen molar-refractivity contribution >= 4 is 17.1 Å². The molecule has 0 fully saturated rings. The second kappa shape index (κ2) is 6.64. The molecule has 0 unspecified atom stereocenters. The highest BCUT2D eigenvalue weighted by molar-refractivity contribution is 6.03. The summed E-state index contributed by atoms with van der Waals surface area (Å²) in [6.45, 7) is 10.1. The molecular weight excluding hydrogens is 292 g/mol. The molecule has 1 aliphatic rings. The Labute approximate surface area is 145 Å². The van der Waals surface area contributed by atoms with Gasteiger partial charge in [0.1, 0.15) is 6.54 Å². The molecule has 124 valence electrons. The summed E-state index contributed by atoms with van der Waals surface area (Å²) in [5.41, 5.74) is 6.59. The largest absolute Gasteiger partial charge is 0.361 e. The van der Waals surface area contributed by atoms with Crippen molar-refractivity contribution in [3.8, 4) is 0 Å². The van der Waals surface area contributed by atoms with Gasteiger partial charge in [0.05, 0.1) is 5.41 Å². The van der Waals surface area contributed by atoms with Crippen LogP contribution >= 0.6 is 0 Å². The summed E-state index contributed by atoms with van der Waals surface area (Å²) >= 11 is 0. The van der Waals surface area contributed by atoms with E-state index in [0.717, 1.165) is 18.7 Å². The van der Waals surface area contributed by atoms with Gasteiger partial charge in [-0.1, -0.05) is 36.8 Å². The Bertz CT molecular complexity index is 783. The van der Waals surface area contributed by atoms with Crippen LogP contribution in [0.25, 0.3) is 0 Å². The zero-order valence-corrected chi connectivity index (χ0v) is 15.1. The fraction of sp³-hybridized carbons (Fsp3) is 0.318. The maximum absolute atomic E-state index is 3.38. The van der Waals surface area contributed by atoms with E-state index < -0.39 is 0 Å². The Hall–Kier alpha value is -2.35. The number of anilines is 1. The smallest absolute Gasteiger partial charge is 0.209 e. The van der Waals surface area contributed by atoms with Crippen LogP contribution in [0, 0.1) is 6.92 Å². The second-order valence-corrected chi connectivity index (χ2v) is 7.03. The van der Waals surface area contributed by atoms with E-state index in [1.54, 1.807) is 0 Å². The Kier molecular flexibility index (Phi) is 4.57. The van der Waals surface area contributed by atoms with E-state index in [9.17, 15) is 0 Å². The number of fused-ring (bicyclic) bond motifs is 1. The van der Waals surface area contributed by atoms with E-state index >= 15 is 0 Å². The lowest BCUT2D eigenvalue weighted by Gasteiger charge is -2.16. The maximum atomic E-state index is 3.38. The molecule has 0 aliphatic carbocycles. The van der Waals surface area contributed by atoms with Gasteiger partial charge >= 0.3 is 0 Å². The monoisotopic (exact) mass is 319 g/mol. The van der Waals surface area contributed by atoms with Crippen LogP contribution in [-0.4, -0.2) is 16.8 Å². The Balaban J connectivity index is 1.96. The molecule has 0 bridgehead atoms. The van der Waals surface area contributed by atoms with Crippen LogP contribution in [0.3, 0.4) is 0 Å². The molecule has 24 heavy (non-hydrogen) atoms. The number of benzene rings is 2. The summed E-state index contributed by atoms with van der Waals surface area (Å²) in [7, 11) is 0. The number of nitrogens with zero attached hydrogens (tertiary/aromatic N) is 1. The summed E-state index contributed by atoms with van der Waals surface area (Å²) in [6.07, 6.45) is 5.43. The van der Waals surface area contributed by atoms with Crippen LogP contribution in [0.2, 0.25) is 0 Å². The molecule has 2 aromatic rings. The van der Waals surface area contributed by atoms with Crippen molar-refractivity contribution < 1.29 is 4.58 Å². The van der Waals surface area contributed by atoms with Gasteiger partial charge in [0.25, 0.3) is 0 Å². The normalized spacial score (nSPS) is 15.8. The van der Waals surface area contributed by atoms with E-state index in [2.05, 4.69) is 80.2 Å². The minimum absolute atomic E-state index is 0.0192. The molecule has 2 nitrogen and oxygen atoms in total. The van der Waals surface area contributed by atoms with Crippen molar-refractivity contribution in [2.24, 2.45) is 0 Å². The molecule has 0 radical (unpaired) electrons. The van der Waals surface area contributed by atoms with Gasteiger partial charge in [-0.05, 0) is 39.0 Å². The first-order valence-corrected chi connectivity index (χ1v) is 8.78. The number of aryl methyl sites for hydroxylation is 1. The topological polar surface area (TPSA) is 15.0 Å². The number of nitrogens with one attached hydrogen (secondary N) is 1. The molecule has 1 heterocycles. The van der Waals surface area contributed by atoms with Crippen molar-refractivity contribution in [1.82, 2.24) is 0 Å². The zero-order chi connectivity index (χ0) is 17.2. The average molecular weight is 319 g/mol. The highest BCUT2D eigenvalue weighted by Gasteiger charge is 2.43. The van der Waals surface area contributed by atoms with Crippen LogP contribution in [0.1, 0.15) is 38.3 Å². The number of hydrogen-bond acceptors (Lipinski definition) is 1. The maximum Gasteiger partial charge on any atom is 0.209 e. The highest BCUT2D eigenvalue weighted by atomic mass is 15.1.